The summed E-state index contributed by atoms with van der Waals surface area (Å²) in [5.41, 5.74) is 1.89. The van der Waals surface area contributed by atoms with E-state index in [-0.39, 0.29) is 11.8 Å². The van der Waals surface area contributed by atoms with Crippen molar-refractivity contribution in [2.45, 2.75) is 6.42 Å². The smallest absolute Gasteiger partial charge is 0.327 e. The van der Waals surface area contributed by atoms with Gasteiger partial charge in [0.2, 0.25) is 0 Å². The number of nitrogens with zero attached hydrogens (tertiary/aromatic N) is 2. The highest BCUT2D eigenvalue weighted by atomic mass is 19.1. The van der Waals surface area contributed by atoms with Crippen LogP contribution in [0.4, 0.5) is 20.7 Å². The zero-order chi connectivity index (χ0) is 18.6. The lowest BCUT2D eigenvalue weighted by atomic mass is 10.1. The summed E-state index contributed by atoms with van der Waals surface area (Å²) in [6.07, 6.45) is 4.15. The second kappa shape index (κ2) is 7.41. The number of urea groups is 1. The molecule has 3 heterocycles. The van der Waals surface area contributed by atoms with E-state index >= 15 is 0 Å². The van der Waals surface area contributed by atoms with Crippen molar-refractivity contribution in [3.8, 4) is 17.0 Å². The van der Waals surface area contributed by atoms with Crippen molar-refractivity contribution in [3.05, 3.63) is 66.7 Å². The molecule has 4 rings (SSSR count). The summed E-state index contributed by atoms with van der Waals surface area (Å²) >= 11 is 0. The highest BCUT2D eigenvalue weighted by Gasteiger charge is 2.24. The van der Waals surface area contributed by atoms with E-state index in [0.717, 1.165) is 0 Å². The minimum Gasteiger partial charge on any atom is -0.490 e. The van der Waals surface area contributed by atoms with Gasteiger partial charge in [0.1, 0.15) is 5.82 Å². The number of nitrogens with one attached hydrogen (secondary N) is 2. The number of carbonyl (C=O) groups is 1. The standard InChI is InChI=1S/C20H17FN4O2/c21-15-4-1-3-14(13-15)17-5-6-18-19(24-17)25(11-2-12-27-18)20(26)23-16-7-9-22-10-8-16/h1,3-10,13H,2,11-12H2,(H,22,23,26)/p+1. The first-order valence-corrected chi connectivity index (χ1v) is 8.65. The number of hydrogen-bond donors (Lipinski definition) is 1. The number of halogens is 1. The van der Waals surface area contributed by atoms with Crippen LogP contribution in [0.25, 0.3) is 11.3 Å². The minimum absolute atomic E-state index is 0.295. The number of fused-ring (bicyclic) bond motifs is 1. The number of ether oxygens (including phenoxy) is 1. The Bertz CT molecular complexity index is 965. The number of anilines is 2. The lowest BCUT2D eigenvalue weighted by molar-refractivity contribution is -0.377. The van der Waals surface area contributed by atoms with Gasteiger partial charge in [-0.15, -0.1) is 0 Å². The summed E-state index contributed by atoms with van der Waals surface area (Å²) in [7, 11) is 0. The molecule has 0 fully saturated rings. The predicted molar refractivity (Wildman–Crippen MR) is 99.1 cm³/mol. The predicted octanol–water partition coefficient (Wildman–Crippen LogP) is 3.52. The molecule has 1 aromatic carbocycles. The molecule has 1 aliphatic heterocycles. The number of hydrogen-bond acceptors (Lipinski definition) is 3. The molecule has 6 nitrogen and oxygen atoms in total. The molecular formula is C20H18FN4O2+. The SMILES string of the molecule is O=C(Nc1cc[nH+]cc1)N1CCCOc2ccc(-c3cccc(F)c3)nc21. The van der Waals surface area contributed by atoms with E-state index in [1.54, 1.807) is 53.7 Å². The first-order valence-electron chi connectivity index (χ1n) is 8.65. The summed E-state index contributed by atoms with van der Waals surface area (Å²) in [6.45, 7) is 0.968. The molecule has 3 aromatic rings. The average molecular weight is 365 g/mol. The van der Waals surface area contributed by atoms with Crippen molar-refractivity contribution >= 4 is 17.5 Å². The van der Waals surface area contributed by atoms with Crippen LogP contribution in [0, 0.1) is 5.82 Å². The number of amides is 2. The monoisotopic (exact) mass is 365 g/mol. The molecule has 2 N–H and O–H groups in total. The van der Waals surface area contributed by atoms with E-state index in [1.165, 1.54) is 12.1 Å². The summed E-state index contributed by atoms with van der Waals surface area (Å²) in [6, 6.07) is 13.0. The molecular weight excluding hydrogens is 347 g/mol. The van der Waals surface area contributed by atoms with E-state index in [1.807, 2.05) is 0 Å². The zero-order valence-electron chi connectivity index (χ0n) is 14.5. The lowest BCUT2D eigenvalue weighted by Crippen LogP contribution is -2.36. The van der Waals surface area contributed by atoms with Crippen LogP contribution in [0.3, 0.4) is 0 Å². The summed E-state index contributed by atoms with van der Waals surface area (Å²) in [5.74, 6) is 0.620. The van der Waals surface area contributed by atoms with Gasteiger partial charge in [0, 0.05) is 24.2 Å². The summed E-state index contributed by atoms with van der Waals surface area (Å²) in [4.78, 5) is 21.9. The van der Waals surface area contributed by atoms with Gasteiger partial charge < -0.3 is 10.1 Å². The molecule has 0 unspecified atom stereocenters. The number of aromatic amines is 1. The van der Waals surface area contributed by atoms with Gasteiger partial charge in [-0.2, -0.15) is 0 Å². The molecule has 2 aromatic heterocycles. The van der Waals surface area contributed by atoms with Crippen molar-refractivity contribution in [1.82, 2.24) is 4.98 Å². The molecule has 27 heavy (non-hydrogen) atoms. The van der Waals surface area contributed by atoms with E-state index in [0.29, 0.717) is 48.1 Å². The van der Waals surface area contributed by atoms with Crippen molar-refractivity contribution in [2.75, 3.05) is 23.4 Å². The summed E-state index contributed by atoms with van der Waals surface area (Å²) in [5, 5.41) is 2.86. The van der Waals surface area contributed by atoms with Gasteiger partial charge in [0.25, 0.3) is 0 Å². The number of rotatable bonds is 2. The maximum atomic E-state index is 13.6. The number of benzene rings is 1. The average Bonchev–Trinajstić information content (AvgIpc) is 2.90. The van der Waals surface area contributed by atoms with Crippen molar-refractivity contribution < 1.29 is 18.9 Å². The first-order chi connectivity index (χ1) is 13.2. The maximum Gasteiger partial charge on any atom is 0.327 e. The van der Waals surface area contributed by atoms with Crippen molar-refractivity contribution in [3.63, 3.8) is 0 Å². The molecule has 0 bridgehead atoms. The minimum atomic E-state index is -0.337. The highest BCUT2D eigenvalue weighted by Crippen LogP contribution is 2.32. The van der Waals surface area contributed by atoms with Crippen LogP contribution >= 0.6 is 0 Å². The Morgan fingerprint density at radius 2 is 2.04 bits per heavy atom. The normalized spacial score (nSPS) is 13.3. The largest absolute Gasteiger partial charge is 0.490 e. The molecule has 7 heteroatoms. The molecule has 1 aliphatic rings. The van der Waals surface area contributed by atoms with E-state index in [4.69, 9.17) is 4.74 Å². The third-order valence-corrected chi connectivity index (χ3v) is 4.21. The number of aromatic nitrogens is 2. The van der Waals surface area contributed by atoms with E-state index in [2.05, 4.69) is 15.3 Å². The van der Waals surface area contributed by atoms with Gasteiger partial charge in [-0.1, -0.05) is 12.1 Å². The van der Waals surface area contributed by atoms with Gasteiger partial charge in [-0.25, -0.2) is 19.2 Å². The van der Waals surface area contributed by atoms with Crippen LogP contribution < -0.4 is 19.9 Å². The quantitative estimate of drug-likeness (QED) is 0.755. The van der Waals surface area contributed by atoms with Crippen LogP contribution in [0.15, 0.2) is 60.9 Å². The lowest BCUT2D eigenvalue weighted by Gasteiger charge is -2.21. The second-order valence-corrected chi connectivity index (χ2v) is 6.10. The second-order valence-electron chi connectivity index (χ2n) is 6.10. The third-order valence-electron chi connectivity index (χ3n) is 4.21. The highest BCUT2D eigenvalue weighted by molar-refractivity contribution is 6.02. The maximum absolute atomic E-state index is 13.6. The van der Waals surface area contributed by atoms with E-state index in [9.17, 15) is 9.18 Å². The molecule has 0 atom stereocenters. The van der Waals surface area contributed by atoms with Crippen LogP contribution in [0.1, 0.15) is 6.42 Å². The van der Waals surface area contributed by atoms with Crippen molar-refractivity contribution in [1.29, 1.82) is 0 Å². The van der Waals surface area contributed by atoms with Gasteiger partial charge >= 0.3 is 6.03 Å². The number of pyridine rings is 2. The van der Waals surface area contributed by atoms with Crippen LogP contribution in [-0.2, 0) is 0 Å². The van der Waals surface area contributed by atoms with Gasteiger partial charge in [0.05, 0.1) is 18.0 Å². The topological polar surface area (TPSA) is 68.6 Å². The molecule has 0 radical (unpaired) electrons. The molecule has 0 saturated carbocycles. The zero-order valence-corrected chi connectivity index (χ0v) is 14.5. The van der Waals surface area contributed by atoms with Gasteiger partial charge in [0.15, 0.2) is 24.0 Å². The Morgan fingerprint density at radius 3 is 2.85 bits per heavy atom. The van der Waals surface area contributed by atoms with Crippen LogP contribution in [0.2, 0.25) is 0 Å². The molecule has 2 amide bonds. The molecule has 0 aliphatic carbocycles. The van der Waals surface area contributed by atoms with Crippen LogP contribution in [-0.4, -0.2) is 24.2 Å². The van der Waals surface area contributed by atoms with Gasteiger partial charge in [-0.3, -0.25) is 4.90 Å². The molecule has 0 spiro atoms. The Kier molecular flexibility index (Phi) is 4.65. The number of H-pyrrole nitrogens is 1. The third kappa shape index (κ3) is 3.72. The fraction of sp³-hybridized carbons (Fsp3) is 0.150. The fourth-order valence-electron chi connectivity index (χ4n) is 2.92. The summed E-state index contributed by atoms with van der Waals surface area (Å²) < 4.78 is 19.3. The van der Waals surface area contributed by atoms with Crippen molar-refractivity contribution in [2.24, 2.45) is 0 Å². The Balaban J connectivity index is 1.69. The molecule has 136 valence electrons. The Morgan fingerprint density at radius 1 is 1.19 bits per heavy atom. The fourth-order valence-corrected chi connectivity index (χ4v) is 2.92. The van der Waals surface area contributed by atoms with E-state index < -0.39 is 0 Å². The first kappa shape index (κ1) is 17.0. The molecule has 0 saturated heterocycles. The Hall–Kier alpha value is -3.48. The Labute approximate surface area is 155 Å². The van der Waals surface area contributed by atoms with Crippen LogP contribution in [0.5, 0.6) is 5.75 Å². The number of carbonyl (C=O) groups excluding carboxylic acids is 1. The van der Waals surface area contributed by atoms with Gasteiger partial charge in [-0.05, 0) is 30.7 Å².